The molecule has 0 rings (SSSR count). The second-order valence-electron chi connectivity index (χ2n) is 14.0. The summed E-state index contributed by atoms with van der Waals surface area (Å²) in [6, 6.07) is 0. The van der Waals surface area contributed by atoms with Gasteiger partial charge in [-0.2, -0.15) is 0 Å². The number of unbranched alkanes of at least 4 members (excludes halogenated alkanes) is 8. The van der Waals surface area contributed by atoms with E-state index in [4.69, 9.17) is 4.74 Å². The standard InChI is InChI=1S/C44H74O7/c1-5-9-13-17-21-25-29-43(30-26-22-18-14-10-6-2,33-41(35-45,36-46)37-47)51-44(31-27-23-19-15-11-7-3,32-28-24-20-16-12-8-4)34-42(38-48,39-49)40-50/h17-32,45-50H,5-16,33-40H2,1-4H3. The van der Waals surface area contributed by atoms with E-state index in [2.05, 4.69) is 52.0 Å². The Morgan fingerprint density at radius 3 is 0.804 bits per heavy atom. The Labute approximate surface area is 311 Å². The minimum atomic E-state index is -1.32. The molecule has 0 fully saturated rings. The molecule has 0 aromatic heterocycles. The van der Waals surface area contributed by atoms with E-state index in [9.17, 15) is 30.6 Å². The molecule has 0 saturated heterocycles. The second-order valence-corrected chi connectivity index (χ2v) is 14.0. The van der Waals surface area contributed by atoms with Crippen LogP contribution in [0, 0.1) is 10.8 Å². The molecule has 0 radical (unpaired) electrons. The van der Waals surface area contributed by atoms with Crippen molar-refractivity contribution in [2.24, 2.45) is 10.8 Å². The number of hydrogen-bond acceptors (Lipinski definition) is 7. The van der Waals surface area contributed by atoms with Crippen LogP contribution in [0.25, 0.3) is 0 Å². The fourth-order valence-corrected chi connectivity index (χ4v) is 5.58. The van der Waals surface area contributed by atoms with Crippen molar-refractivity contribution < 1.29 is 35.4 Å². The monoisotopic (exact) mass is 715 g/mol. The van der Waals surface area contributed by atoms with Crippen molar-refractivity contribution in [1.29, 1.82) is 0 Å². The highest BCUT2D eigenvalue weighted by Gasteiger charge is 2.46. The van der Waals surface area contributed by atoms with Gasteiger partial charge in [0.25, 0.3) is 0 Å². The molecule has 51 heavy (non-hydrogen) atoms. The molecule has 7 heteroatoms. The van der Waals surface area contributed by atoms with Crippen LogP contribution in [0.15, 0.2) is 97.2 Å². The molecule has 0 unspecified atom stereocenters. The molecular formula is C44H74O7. The van der Waals surface area contributed by atoms with E-state index in [1.807, 2.05) is 72.9 Å². The van der Waals surface area contributed by atoms with Crippen molar-refractivity contribution in [3.8, 4) is 0 Å². The van der Waals surface area contributed by atoms with Crippen molar-refractivity contribution in [1.82, 2.24) is 0 Å². The fourth-order valence-electron chi connectivity index (χ4n) is 5.58. The molecule has 6 N–H and O–H groups in total. The van der Waals surface area contributed by atoms with Gasteiger partial charge in [0, 0.05) is 10.8 Å². The number of aliphatic hydroxyl groups is 6. The molecule has 7 nitrogen and oxygen atoms in total. The largest absolute Gasteiger partial charge is 0.396 e. The summed E-state index contributed by atoms with van der Waals surface area (Å²) < 4.78 is 7.31. The molecule has 292 valence electrons. The Kier molecular flexibility index (Phi) is 28.7. The Morgan fingerprint density at radius 2 is 0.608 bits per heavy atom. The molecule has 0 atom stereocenters. The molecular weight excluding hydrogens is 640 g/mol. The third-order valence-corrected chi connectivity index (χ3v) is 9.09. The van der Waals surface area contributed by atoms with Gasteiger partial charge in [-0.05, 0) is 62.8 Å². The number of hydrogen-bond donors (Lipinski definition) is 6. The average Bonchev–Trinajstić information content (AvgIpc) is 3.15. The topological polar surface area (TPSA) is 131 Å². The highest BCUT2D eigenvalue weighted by atomic mass is 16.5. The zero-order chi connectivity index (χ0) is 38.2. The SMILES string of the molecule is CCCCC=CC=CC(C=CC=CCCCC)(CC(CO)(CO)CO)OC(C=CC=CCCCC)(C=CC=CCCCC)CC(CO)(CO)CO. The predicted molar refractivity (Wildman–Crippen MR) is 214 cm³/mol. The highest BCUT2D eigenvalue weighted by molar-refractivity contribution is 5.29. The molecule has 0 aliphatic carbocycles. The normalized spacial score (nSPS) is 16.2. The van der Waals surface area contributed by atoms with Crippen LogP contribution in [-0.2, 0) is 4.74 Å². The van der Waals surface area contributed by atoms with Gasteiger partial charge in [0.05, 0.1) is 39.6 Å². The second kappa shape index (κ2) is 30.1. The predicted octanol–water partition coefficient (Wildman–Crippen LogP) is 8.40. The van der Waals surface area contributed by atoms with Gasteiger partial charge in [-0.1, -0.05) is 152 Å². The first-order chi connectivity index (χ1) is 24.7. The lowest BCUT2D eigenvalue weighted by atomic mass is 9.75. The zero-order valence-electron chi connectivity index (χ0n) is 32.5. The first-order valence-corrected chi connectivity index (χ1v) is 19.5. The third-order valence-electron chi connectivity index (χ3n) is 9.09. The van der Waals surface area contributed by atoms with E-state index in [0.717, 1.165) is 77.0 Å². The van der Waals surface area contributed by atoms with Crippen LogP contribution in [-0.4, -0.2) is 81.5 Å². The van der Waals surface area contributed by atoms with Gasteiger partial charge >= 0.3 is 0 Å². The minimum absolute atomic E-state index is 0.00852. The minimum Gasteiger partial charge on any atom is -0.396 e. The zero-order valence-corrected chi connectivity index (χ0v) is 32.5. The molecule has 0 aliphatic rings. The first-order valence-electron chi connectivity index (χ1n) is 19.5. The molecule has 0 amide bonds. The smallest absolute Gasteiger partial charge is 0.107 e. The van der Waals surface area contributed by atoms with Crippen molar-refractivity contribution in [3.05, 3.63) is 97.2 Å². The fraction of sp³-hybridized carbons (Fsp3) is 0.636. The van der Waals surface area contributed by atoms with Crippen molar-refractivity contribution in [2.45, 2.75) is 129 Å². The quantitative estimate of drug-likeness (QED) is 0.0305. The first kappa shape index (κ1) is 48.6. The molecule has 0 aromatic rings. The average molecular weight is 715 g/mol. The van der Waals surface area contributed by atoms with Gasteiger partial charge in [-0.25, -0.2) is 0 Å². The van der Waals surface area contributed by atoms with Gasteiger partial charge in [-0.3, -0.25) is 0 Å². The van der Waals surface area contributed by atoms with Crippen LogP contribution in [0.2, 0.25) is 0 Å². The summed E-state index contributed by atoms with van der Waals surface area (Å²) in [5, 5.41) is 63.4. The van der Waals surface area contributed by atoms with Gasteiger partial charge in [0.15, 0.2) is 0 Å². The van der Waals surface area contributed by atoms with Crippen molar-refractivity contribution >= 4 is 0 Å². The molecule has 0 heterocycles. The lowest BCUT2D eigenvalue weighted by Crippen LogP contribution is -2.50. The van der Waals surface area contributed by atoms with Gasteiger partial charge in [0.1, 0.15) is 11.2 Å². The van der Waals surface area contributed by atoms with Crippen LogP contribution < -0.4 is 0 Å². The van der Waals surface area contributed by atoms with E-state index in [1.54, 1.807) is 0 Å². The Balaban J connectivity index is 7.88. The van der Waals surface area contributed by atoms with Crippen LogP contribution in [0.4, 0.5) is 0 Å². The summed E-state index contributed by atoms with van der Waals surface area (Å²) in [6.45, 7) is 5.64. The Hall–Kier alpha value is -2.36. The lowest BCUT2D eigenvalue weighted by Gasteiger charge is -2.45. The van der Waals surface area contributed by atoms with Gasteiger partial charge in [-0.15, -0.1) is 0 Å². The summed E-state index contributed by atoms with van der Waals surface area (Å²) >= 11 is 0. The molecule has 0 spiro atoms. The summed E-state index contributed by atoms with van der Waals surface area (Å²) in [5.74, 6) is 0. The summed E-state index contributed by atoms with van der Waals surface area (Å²) in [7, 11) is 0. The number of ether oxygens (including phenoxy) is 1. The third kappa shape index (κ3) is 20.5. The summed E-state index contributed by atoms with van der Waals surface area (Å²) in [5.41, 5.74) is -5.27. The van der Waals surface area contributed by atoms with Crippen molar-refractivity contribution in [3.63, 3.8) is 0 Å². The van der Waals surface area contributed by atoms with Gasteiger partial charge in [0.2, 0.25) is 0 Å². The van der Waals surface area contributed by atoms with Crippen LogP contribution in [0.5, 0.6) is 0 Å². The molecule has 0 aromatic carbocycles. The van der Waals surface area contributed by atoms with E-state index in [0.29, 0.717) is 0 Å². The number of allylic oxidation sites excluding steroid dienone is 12. The van der Waals surface area contributed by atoms with Crippen molar-refractivity contribution in [2.75, 3.05) is 39.6 Å². The maximum Gasteiger partial charge on any atom is 0.107 e. The summed E-state index contributed by atoms with van der Waals surface area (Å²) in [6.07, 6.45) is 43.4. The Morgan fingerprint density at radius 1 is 0.373 bits per heavy atom. The molecule has 0 bridgehead atoms. The van der Waals surface area contributed by atoms with Gasteiger partial charge < -0.3 is 35.4 Å². The van der Waals surface area contributed by atoms with E-state index in [-0.39, 0.29) is 12.8 Å². The highest BCUT2D eigenvalue weighted by Crippen LogP contribution is 2.42. The van der Waals surface area contributed by atoms with Crippen LogP contribution in [0.1, 0.15) is 118 Å². The van der Waals surface area contributed by atoms with Crippen LogP contribution >= 0.6 is 0 Å². The van der Waals surface area contributed by atoms with Crippen LogP contribution in [0.3, 0.4) is 0 Å². The Bertz CT molecular complexity index is 914. The summed E-state index contributed by atoms with van der Waals surface area (Å²) in [4.78, 5) is 0. The molecule has 0 aliphatic heterocycles. The lowest BCUT2D eigenvalue weighted by molar-refractivity contribution is -0.129. The molecule has 0 saturated carbocycles. The maximum absolute atomic E-state index is 10.6. The number of aliphatic hydroxyl groups excluding tert-OH is 6. The van der Waals surface area contributed by atoms with E-state index < -0.39 is 61.7 Å². The number of rotatable bonds is 32. The maximum atomic E-state index is 10.6. The van der Waals surface area contributed by atoms with E-state index >= 15 is 0 Å². The van der Waals surface area contributed by atoms with E-state index in [1.165, 1.54) is 0 Å².